The highest BCUT2D eigenvalue weighted by molar-refractivity contribution is 5.69. The molecule has 3 nitrogen and oxygen atoms in total. The molecule has 0 amide bonds. The van der Waals surface area contributed by atoms with E-state index in [1.165, 1.54) is 70.6 Å². The van der Waals surface area contributed by atoms with Crippen molar-refractivity contribution in [3.8, 4) is 0 Å². The second kappa shape index (κ2) is 16.4. The number of aliphatic hydroxyl groups excluding tert-OH is 1. The molecule has 0 aliphatic carbocycles. The van der Waals surface area contributed by atoms with Gasteiger partial charge in [0.25, 0.3) is 0 Å². The first-order valence-corrected chi connectivity index (χ1v) is 11.9. The predicted octanol–water partition coefficient (Wildman–Crippen LogP) is 6.81. The van der Waals surface area contributed by atoms with Gasteiger partial charge in [-0.2, -0.15) is 0 Å². The van der Waals surface area contributed by atoms with Crippen molar-refractivity contribution in [2.24, 2.45) is 11.8 Å². The number of rotatable bonds is 16. The number of esters is 1. The van der Waals surface area contributed by atoms with E-state index in [1.54, 1.807) is 0 Å². The van der Waals surface area contributed by atoms with Crippen LogP contribution >= 0.6 is 0 Å². The lowest BCUT2D eigenvalue weighted by Gasteiger charge is -2.26. The molecule has 2 unspecified atom stereocenters. The van der Waals surface area contributed by atoms with Crippen LogP contribution in [0.3, 0.4) is 0 Å². The molecule has 27 heavy (non-hydrogen) atoms. The van der Waals surface area contributed by atoms with Crippen LogP contribution < -0.4 is 0 Å². The van der Waals surface area contributed by atoms with Crippen LogP contribution in [0.1, 0.15) is 123 Å². The maximum atomic E-state index is 11.9. The average Bonchev–Trinajstić information content (AvgIpc) is 2.86. The molecule has 0 aromatic carbocycles. The molecule has 3 heteroatoms. The van der Waals surface area contributed by atoms with Gasteiger partial charge < -0.3 is 9.84 Å². The quantitative estimate of drug-likeness (QED) is 0.236. The van der Waals surface area contributed by atoms with E-state index in [0.29, 0.717) is 18.9 Å². The third kappa shape index (κ3) is 13.3. The van der Waals surface area contributed by atoms with Gasteiger partial charge in [-0.3, -0.25) is 4.79 Å². The highest BCUT2D eigenvalue weighted by atomic mass is 16.5. The summed E-state index contributed by atoms with van der Waals surface area (Å²) in [5.41, 5.74) is 0. The average molecular weight is 383 g/mol. The van der Waals surface area contributed by atoms with Crippen molar-refractivity contribution in [2.75, 3.05) is 6.61 Å². The first-order valence-electron chi connectivity index (χ1n) is 11.9. The van der Waals surface area contributed by atoms with Crippen molar-refractivity contribution in [1.29, 1.82) is 0 Å². The molecule has 1 saturated heterocycles. The van der Waals surface area contributed by atoms with Crippen LogP contribution in [-0.2, 0) is 9.53 Å². The Morgan fingerprint density at radius 3 is 2.04 bits per heavy atom. The van der Waals surface area contributed by atoms with Crippen molar-refractivity contribution in [3.05, 3.63) is 0 Å². The Morgan fingerprint density at radius 1 is 0.852 bits per heavy atom. The Labute approximate surface area is 168 Å². The number of aliphatic hydroxyl groups is 1. The van der Waals surface area contributed by atoms with Crippen LogP contribution in [0.4, 0.5) is 0 Å². The molecule has 1 aliphatic rings. The summed E-state index contributed by atoms with van der Waals surface area (Å²) >= 11 is 0. The number of carbonyl (C=O) groups excluding carboxylic acids is 1. The molecule has 1 rings (SSSR count). The van der Waals surface area contributed by atoms with Crippen molar-refractivity contribution < 1.29 is 14.6 Å². The number of hydrogen-bond acceptors (Lipinski definition) is 3. The van der Waals surface area contributed by atoms with E-state index in [1.807, 2.05) is 0 Å². The molecule has 0 saturated carbocycles. The lowest BCUT2D eigenvalue weighted by Crippen LogP contribution is -2.25. The molecule has 0 radical (unpaired) electrons. The molecular formula is C24H46O3. The van der Waals surface area contributed by atoms with Gasteiger partial charge in [0.1, 0.15) is 6.10 Å². The van der Waals surface area contributed by atoms with Gasteiger partial charge in [0.05, 0.1) is 0 Å². The Bertz CT molecular complexity index is 354. The Morgan fingerprint density at radius 2 is 1.41 bits per heavy atom. The summed E-state index contributed by atoms with van der Waals surface area (Å²) in [5, 5.41) is 8.83. The minimum absolute atomic E-state index is 0.0335. The third-order valence-electron chi connectivity index (χ3n) is 6.02. The topological polar surface area (TPSA) is 46.5 Å². The van der Waals surface area contributed by atoms with Gasteiger partial charge >= 0.3 is 5.97 Å². The minimum atomic E-state index is 0.0335. The zero-order valence-electron chi connectivity index (χ0n) is 18.2. The second-order valence-electron chi connectivity index (χ2n) is 9.05. The molecule has 2 atom stereocenters. The van der Waals surface area contributed by atoms with Crippen molar-refractivity contribution in [1.82, 2.24) is 0 Å². The van der Waals surface area contributed by atoms with Gasteiger partial charge in [-0.25, -0.2) is 0 Å². The van der Waals surface area contributed by atoms with Crippen LogP contribution in [0.2, 0.25) is 0 Å². The fourth-order valence-electron chi connectivity index (χ4n) is 4.29. The van der Waals surface area contributed by atoms with E-state index >= 15 is 0 Å². The van der Waals surface area contributed by atoms with Crippen LogP contribution in [0.25, 0.3) is 0 Å². The van der Waals surface area contributed by atoms with E-state index in [0.717, 1.165) is 38.0 Å². The van der Waals surface area contributed by atoms with Crippen molar-refractivity contribution in [3.63, 3.8) is 0 Å². The molecule has 1 heterocycles. The number of carbonyl (C=O) groups is 1. The number of unbranched alkanes of at least 4 members (excludes halogenated alkanes) is 8. The molecule has 1 N–H and O–H groups in total. The first kappa shape index (κ1) is 24.5. The van der Waals surface area contributed by atoms with Gasteiger partial charge in [-0.05, 0) is 50.4 Å². The maximum absolute atomic E-state index is 11.9. The smallest absolute Gasteiger partial charge is 0.306 e. The van der Waals surface area contributed by atoms with E-state index < -0.39 is 0 Å². The van der Waals surface area contributed by atoms with Gasteiger partial charge in [0, 0.05) is 13.0 Å². The molecule has 1 aliphatic heterocycles. The summed E-state index contributed by atoms with van der Waals surface area (Å²) in [6.07, 6.45) is 20.3. The second-order valence-corrected chi connectivity index (χ2v) is 9.05. The zero-order valence-corrected chi connectivity index (χ0v) is 18.2. The maximum Gasteiger partial charge on any atom is 0.306 e. The molecular weight excluding hydrogens is 336 g/mol. The third-order valence-corrected chi connectivity index (χ3v) is 6.02. The van der Waals surface area contributed by atoms with Gasteiger partial charge in [-0.1, -0.05) is 78.1 Å². The molecule has 0 aromatic rings. The Balaban J connectivity index is 2.30. The molecule has 1 fully saturated rings. The minimum Gasteiger partial charge on any atom is -0.462 e. The summed E-state index contributed by atoms with van der Waals surface area (Å²) in [7, 11) is 0. The molecule has 0 aromatic heterocycles. The number of ether oxygens (including phenoxy) is 1. The molecule has 160 valence electrons. The highest BCUT2D eigenvalue weighted by Crippen LogP contribution is 2.29. The monoisotopic (exact) mass is 382 g/mol. The Hall–Kier alpha value is -0.570. The lowest BCUT2D eigenvalue weighted by atomic mass is 9.87. The SMILES string of the molecule is CC(C)CCCCCC(CCCCCCCCCO)C1CCCCC(=O)O1. The fourth-order valence-corrected chi connectivity index (χ4v) is 4.29. The predicted molar refractivity (Wildman–Crippen MR) is 114 cm³/mol. The first-order chi connectivity index (χ1) is 13.1. The number of cyclic esters (lactones) is 1. The fraction of sp³-hybridized carbons (Fsp3) is 0.958. The van der Waals surface area contributed by atoms with Gasteiger partial charge in [-0.15, -0.1) is 0 Å². The Kier molecular flexibility index (Phi) is 14.9. The summed E-state index contributed by atoms with van der Waals surface area (Å²) in [5.74, 6) is 1.41. The van der Waals surface area contributed by atoms with Crippen molar-refractivity contribution in [2.45, 2.75) is 129 Å². The summed E-state index contributed by atoms with van der Waals surface area (Å²) < 4.78 is 5.83. The summed E-state index contributed by atoms with van der Waals surface area (Å²) in [6.45, 7) is 4.94. The molecule has 0 spiro atoms. The van der Waals surface area contributed by atoms with E-state index in [9.17, 15) is 4.79 Å². The number of hydrogen-bond donors (Lipinski definition) is 1. The van der Waals surface area contributed by atoms with Gasteiger partial charge in [0.2, 0.25) is 0 Å². The van der Waals surface area contributed by atoms with Gasteiger partial charge in [0.15, 0.2) is 0 Å². The lowest BCUT2D eigenvalue weighted by molar-refractivity contribution is -0.151. The van der Waals surface area contributed by atoms with E-state index in [4.69, 9.17) is 9.84 Å². The summed E-state index contributed by atoms with van der Waals surface area (Å²) in [6, 6.07) is 0. The summed E-state index contributed by atoms with van der Waals surface area (Å²) in [4.78, 5) is 11.9. The van der Waals surface area contributed by atoms with Crippen LogP contribution in [0.15, 0.2) is 0 Å². The van der Waals surface area contributed by atoms with Crippen molar-refractivity contribution >= 4 is 5.97 Å². The van der Waals surface area contributed by atoms with Crippen LogP contribution in [0.5, 0.6) is 0 Å². The van der Waals surface area contributed by atoms with E-state index in [2.05, 4.69) is 13.8 Å². The van der Waals surface area contributed by atoms with E-state index in [-0.39, 0.29) is 12.1 Å². The standard InChI is InChI=1S/C24H46O3/c1-21(2)15-9-8-11-17-22(23-18-12-13-19-24(26)27-23)16-10-6-4-3-5-7-14-20-25/h21-23,25H,3-20H2,1-2H3. The van der Waals surface area contributed by atoms with Crippen LogP contribution in [-0.4, -0.2) is 23.8 Å². The normalized spacial score (nSPS) is 19.1. The molecule has 0 bridgehead atoms. The zero-order chi connectivity index (χ0) is 19.7. The highest BCUT2D eigenvalue weighted by Gasteiger charge is 2.26. The largest absolute Gasteiger partial charge is 0.462 e. The van der Waals surface area contributed by atoms with Crippen LogP contribution in [0, 0.1) is 11.8 Å².